The SMILES string of the molecule is CCCCCCC/C=C\C/C=C\C/C=C\CCCCCCCCCCCCCCC(=O)NC(COP(=O)([O-])OCC[N+](C)(C)C)C(O)/C=C/CC/C=C/CCCCCCC. The number of unbranched alkanes of at least 4 members (excludes halogenated alkanes) is 23. The number of nitrogens with one attached hydrogen (secondary N) is 1. The van der Waals surface area contributed by atoms with Crippen LogP contribution in [0.1, 0.15) is 206 Å². The number of hydrogen-bond donors (Lipinski definition) is 2. The van der Waals surface area contributed by atoms with Gasteiger partial charge in [0.25, 0.3) is 7.82 Å². The molecule has 0 heterocycles. The van der Waals surface area contributed by atoms with E-state index in [4.69, 9.17) is 9.05 Å². The average Bonchev–Trinajstić information content (AvgIpc) is 3.20. The molecule has 0 rings (SSSR count). The van der Waals surface area contributed by atoms with Crippen LogP contribution in [-0.4, -0.2) is 68.5 Å². The van der Waals surface area contributed by atoms with Crippen LogP contribution in [-0.2, 0) is 18.4 Å². The Bertz CT molecular complexity index is 1160. The van der Waals surface area contributed by atoms with Crippen molar-refractivity contribution < 1.29 is 32.9 Å². The highest BCUT2D eigenvalue weighted by atomic mass is 31.2. The lowest BCUT2D eigenvalue weighted by molar-refractivity contribution is -0.870. The van der Waals surface area contributed by atoms with E-state index in [0.29, 0.717) is 17.4 Å². The van der Waals surface area contributed by atoms with Crippen molar-refractivity contribution in [1.82, 2.24) is 5.32 Å². The molecule has 350 valence electrons. The molecule has 0 aliphatic carbocycles. The molecule has 0 spiro atoms. The van der Waals surface area contributed by atoms with Crippen LogP contribution >= 0.6 is 7.82 Å². The summed E-state index contributed by atoms with van der Waals surface area (Å²) in [5.41, 5.74) is 0. The van der Waals surface area contributed by atoms with Crippen LogP contribution in [0.15, 0.2) is 60.8 Å². The molecule has 0 saturated carbocycles. The van der Waals surface area contributed by atoms with Crippen LogP contribution in [0.4, 0.5) is 0 Å². The maximum absolute atomic E-state index is 12.9. The quantitative estimate of drug-likeness (QED) is 0.0273. The number of carbonyl (C=O) groups is 1. The topological polar surface area (TPSA) is 108 Å². The Morgan fingerprint density at radius 1 is 0.583 bits per heavy atom. The van der Waals surface area contributed by atoms with Gasteiger partial charge in [-0.3, -0.25) is 9.36 Å². The number of hydrogen-bond acceptors (Lipinski definition) is 6. The third-order valence-corrected chi connectivity index (χ3v) is 11.7. The standard InChI is InChI=1S/C51H95N2O6P/c1-6-8-10-12-14-16-18-19-20-21-22-23-24-25-26-27-28-29-30-31-32-33-35-37-39-41-43-45-51(55)52-49(48-59-60(56,57)58-47-46-53(3,4)5)50(54)44-42-40-38-36-34-17-15-13-11-9-7-2/h18-19,21-22,24-25,34,36,42,44,49-50,54H,6-17,20,23,26-33,35,37-41,43,45-48H2,1-5H3,(H-,52,55,56,57)/b19-18-,22-21-,25-24-,36-34+,44-42+. The molecule has 0 aromatic rings. The molecule has 8 nitrogen and oxygen atoms in total. The van der Waals surface area contributed by atoms with E-state index >= 15 is 0 Å². The zero-order valence-corrected chi connectivity index (χ0v) is 40.5. The van der Waals surface area contributed by atoms with E-state index in [2.05, 4.69) is 67.8 Å². The highest BCUT2D eigenvalue weighted by Gasteiger charge is 2.23. The van der Waals surface area contributed by atoms with Gasteiger partial charge in [0.15, 0.2) is 0 Å². The lowest BCUT2D eigenvalue weighted by Gasteiger charge is -2.29. The Hall–Kier alpha value is -1.80. The van der Waals surface area contributed by atoms with Crippen molar-refractivity contribution in [3.05, 3.63) is 60.8 Å². The normalized spacial score (nSPS) is 14.7. The number of aliphatic hydroxyl groups excluding tert-OH is 1. The molecule has 1 amide bonds. The summed E-state index contributed by atoms with van der Waals surface area (Å²) in [6, 6.07) is -0.904. The molecular weight excluding hydrogens is 768 g/mol. The zero-order valence-electron chi connectivity index (χ0n) is 39.6. The Balaban J connectivity index is 4.20. The minimum Gasteiger partial charge on any atom is -0.756 e. The van der Waals surface area contributed by atoms with Gasteiger partial charge in [-0.2, -0.15) is 0 Å². The zero-order chi connectivity index (χ0) is 44.3. The Morgan fingerprint density at radius 2 is 0.983 bits per heavy atom. The number of carbonyl (C=O) groups excluding carboxylic acids is 1. The summed E-state index contributed by atoms with van der Waals surface area (Å²) in [6.45, 7) is 4.58. The molecule has 60 heavy (non-hydrogen) atoms. The van der Waals surface area contributed by atoms with Gasteiger partial charge in [-0.05, 0) is 70.6 Å². The monoisotopic (exact) mass is 863 g/mol. The van der Waals surface area contributed by atoms with E-state index in [-0.39, 0.29) is 12.5 Å². The molecular formula is C51H95N2O6P. The first-order valence-corrected chi connectivity index (χ1v) is 26.1. The average molecular weight is 863 g/mol. The van der Waals surface area contributed by atoms with Crippen molar-refractivity contribution in [2.75, 3.05) is 40.9 Å². The molecule has 0 aliphatic rings. The number of amides is 1. The molecule has 0 aromatic heterocycles. The summed E-state index contributed by atoms with van der Waals surface area (Å²) in [5.74, 6) is -0.213. The van der Waals surface area contributed by atoms with Gasteiger partial charge in [0.2, 0.25) is 5.91 Å². The largest absolute Gasteiger partial charge is 0.756 e. The minimum atomic E-state index is -4.60. The summed E-state index contributed by atoms with van der Waals surface area (Å²) in [7, 11) is 1.24. The van der Waals surface area contributed by atoms with Crippen molar-refractivity contribution >= 4 is 13.7 Å². The molecule has 0 bridgehead atoms. The number of likely N-dealkylation sites (N-methyl/N-ethyl adjacent to an activating group) is 1. The van der Waals surface area contributed by atoms with E-state index in [1.165, 1.54) is 135 Å². The third-order valence-electron chi connectivity index (χ3n) is 10.7. The van der Waals surface area contributed by atoms with E-state index in [1.54, 1.807) is 6.08 Å². The second-order valence-corrected chi connectivity index (χ2v) is 19.2. The number of rotatable bonds is 44. The fourth-order valence-electron chi connectivity index (χ4n) is 6.76. The van der Waals surface area contributed by atoms with Crippen molar-refractivity contribution in [2.24, 2.45) is 0 Å². The van der Waals surface area contributed by atoms with Crippen molar-refractivity contribution in [2.45, 2.75) is 219 Å². The maximum atomic E-state index is 12.9. The molecule has 3 atom stereocenters. The number of phosphoric acid groups is 1. The van der Waals surface area contributed by atoms with Crippen molar-refractivity contribution in [3.8, 4) is 0 Å². The lowest BCUT2D eigenvalue weighted by atomic mass is 10.0. The predicted molar refractivity (Wildman–Crippen MR) is 256 cm³/mol. The van der Waals surface area contributed by atoms with Gasteiger partial charge in [0.1, 0.15) is 13.2 Å². The van der Waals surface area contributed by atoms with Crippen LogP contribution in [0.3, 0.4) is 0 Å². The Labute approximate surface area is 371 Å². The second kappa shape index (κ2) is 42.5. The molecule has 3 unspecified atom stereocenters. The van der Waals surface area contributed by atoms with Gasteiger partial charge < -0.3 is 28.8 Å². The maximum Gasteiger partial charge on any atom is 0.268 e. The smallest absolute Gasteiger partial charge is 0.268 e. The van der Waals surface area contributed by atoms with Crippen LogP contribution in [0, 0.1) is 0 Å². The molecule has 2 N–H and O–H groups in total. The third kappa shape index (κ3) is 44.3. The molecule has 0 fully saturated rings. The molecule has 9 heteroatoms. The van der Waals surface area contributed by atoms with Gasteiger partial charge in [-0.25, -0.2) is 0 Å². The first-order valence-electron chi connectivity index (χ1n) is 24.7. The fraction of sp³-hybridized carbons (Fsp3) is 0.784. The summed E-state index contributed by atoms with van der Waals surface area (Å²) < 4.78 is 23.2. The van der Waals surface area contributed by atoms with Crippen LogP contribution < -0.4 is 10.2 Å². The Morgan fingerprint density at radius 3 is 1.47 bits per heavy atom. The number of quaternary nitrogens is 1. The van der Waals surface area contributed by atoms with Gasteiger partial charge in [-0.15, -0.1) is 0 Å². The highest BCUT2D eigenvalue weighted by molar-refractivity contribution is 7.45. The minimum absolute atomic E-state index is 0.00870. The second-order valence-electron chi connectivity index (χ2n) is 17.8. The number of nitrogens with zero attached hydrogens (tertiary/aromatic N) is 1. The van der Waals surface area contributed by atoms with E-state index in [9.17, 15) is 19.4 Å². The highest BCUT2D eigenvalue weighted by Crippen LogP contribution is 2.38. The van der Waals surface area contributed by atoms with Gasteiger partial charge in [0.05, 0.1) is 39.9 Å². The van der Waals surface area contributed by atoms with Gasteiger partial charge in [-0.1, -0.05) is 190 Å². The molecule has 0 saturated heterocycles. The van der Waals surface area contributed by atoms with Gasteiger partial charge in [0, 0.05) is 6.42 Å². The van der Waals surface area contributed by atoms with Crippen LogP contribution in [0.2, 0.25) is 0 Å². The molecule has 0 aliphatic heterocycles. The number of allylic oxidation sites excluding steroid dienone is 9. The fourth-order valence-corrected chi connectivity index (χ4v) is 7.49. The first kappa shape index (κ1) is 58.2. The summed E-state index contributed by atoms with van der Waals surface area (Å²) >= 11 is 0. The van der Waals surface area contributed by atoms with Gasteiger partial charge >= 0.3 is 0 Å². The van der Waals surface area contributed by atoms with E-state index < -0.39 is 26.6 Å². The van der Waals surface area contributed by atoms with Crippen molar-refractivity contribution in [3.63, 3.8) is 0 Å². The summed E-state index contributed by atoms with van der Waals surface area (Å²) in [4.78, 5) is 25.3. The van der Waals surface area contributed by atoms with Crippen LogP contribution in [0.5, 0.6) is 0 Å². The summed E-state index contributed by atoms with van der Waals surface area (Å²) in [6.07, 6.45) is 55.7. The summed E-state index contributed by atoms with van der Waals surface area (Å²) in [5, 5.41) is 13.7. The lowest BCUT2D eigenvalue weighted by Crippen LogP contribution is -2.45. The first-order chi connectivity index (χ1) is 29.0. The van der Waals surface area contributed by atoms with E-state index in [1.807, 2.05) is 27.2 Å². The number of aliphatic hydroxyl groups is 1. The van der Waals surface area contributed by atoms with Crippen LogP contribution in [0.25, 0.3) is 0 Å². The van der Waals surface area contributed by atoms with E-state index in [0.717, 1.165) is 51.4 Å². The molecule has 0 radical (unpaired) electrons. The molecule has 0 aromatic carbocycles. The van der Waals surface area contributed by atoms with Crippen molar-refractivity contribution in [1.29, 1.82) is 0 Å². The predicted octanol–water partition coefficient (Wildman–Crippen LogP) is 13.6. The number of phosphoric ester groups is 1. The Kier molecular flexibility index (Phi) is 41.2.